The van der Waals surface area contributed by atoms with Crippen LogP contribution in [0.2, 0.25) is 0 Å². The van der Waals surface area contributed by atoms with E-state index in [1.165, 1.54) is 6.07 Å². The van der Waals surface area contributed by atoms with E-state index in [0.717, 1.165) is 83.8 Å². The molecule has 11 aromatic rings. The average molecular weight is 863 g/mol. The lowest BCUT2D eigenvalue weighted by atomic mass is 9.97. The lowest BCUT2D eigenvalue weighted by molar-refractivity contribution is -0.137. The SMILES string of the molecule is Cc1cc(C(F)(F)F)ccc1-c1ccc2c(c1)c1ccccc1n2-c1ccc(-c2nc(-c3ccccc3)nc(-c3ccccc3)n2)cc1-c1cc(-c2ccccc2)nc(-c2ccccc2)n1. The number of benzene rings is 8. The summed E-state index contributed by atoms with van der Waals surface area (Å²) in [5.41, 5.74) is 10.7. The van der Waals surface area contributed by atoms with Gasteiger partial charge in [-0.2, -0.15) is 13.2 Å². The Hall–Kier alpha value is -8.56. The summed E-state index contributed by atoms with van der Waals surface area (Å²) in [6, 6.07) is 66.3. The van der Waals surface area contributed by atoms with Crippen LogP contribution in [0.3, 0.4) is 0 Å². The Bertz CT molecular complexity index is 3460. The third kappa shape index (κ3) is 7.56. The Kier molecular flexibility index (Phi) is 10.1. The zero-order valence-corrected chi connectivity index (χ0v) is 35.4. The maximum absolute atomic E-state index is 13.7. The number of halogens is 3. The Morgan fingerprint density at radius 2 is 0.864 bits per heavy atom. The predicted molar refractivity (Wildman–Crippen MR) is 258 cm³/mol. The van der Waals surface area contributed by atoms with Gasteiger partial charge in [-0.3, -0.25) is 0 Å². The Morgan fingerprint density at radius 3 is 1.45 bits per heavy atom. The molecular formula is C57H37F3N6. The number of hydrogen-bond acceptors (Lipinski definition) is 5. The number of fused-ring (bicyclic) bond motifs is 3. The maximum atomic E-state index is 13.7. The second kappa shape index (κ2) is 16.5. The summed E-state index contributed by atoms with van der Waals surface area (Å²) < 4.78 is 43.3. The Balaban J connectivity index is 1.17. The van der Waals surface area contributed by atoms with Gasteiger partial charge in [0.1, 0.15) is 0 Å². The highest BCUT2D eigenvalue weighted by Crippen LogP contribution is 2.41. The molecular weight excluding hydrogens is 826 g/mol. The van der Waals surface area contributed by atoms with Gasteiger partial charge in [-0.05, 0) is 78.2 Å². The molecule has 3 aromatic heterocycles. The van der Waals surface area contributed by atoms with E-state index >= 15 is 0 Å². The van der Waals surface area contributed by atoms with E-state index in [1.807, 2.05) is 152 Å². The van der Waals surface area contributed by atoms with Crippen molar-refractivity contribution in [3.05, 3.63) is 217 Å². The van der Waals surface area contributed by atoms with E-state index in [0.29, 0.717) is 34.6 Å². The zero-order chi connectivity index (χ0) is 44.8. The zero-order valence-electron chi connectivity index (χ0n) is 35.4. The molecule has 66 heavy (non-hydrogen) atoms. The average Bonchev–Trinajstić information content (AvgIpc) is 3.70. The molecule has 0 aliphatic carbocycles. The Labute approximate surface area is 378 Å². The van der Waals surface area contributed by atoms with Crippen LogP contribution < -0.4 is 0 Å². The van der Waals surface area contributed by atoms with Crippen LogP contribution in [0.5, 0.6) is 0 Å². The molecule has 0 unspecified atom stereocenters. The smallest absolute Gasteiger partial charge is 0.309 e. The lowest BCUT2D eigenvalue weighted by Crippen LogP contribution is -2.05. The van der Waals surface area contributed by atoms with Crippen LogP contribution in [-0.2, 0) is 6.18 Å². The van der Waals surface area contributed by atoms with Crippen molar-refractivity contribution in [2.45, 2.75) is 13.1 Å². The van der Waals surface area contributed by atoms with E-state index in [-0.39, 0.29) is 0 Å². The molecule has 9 heteroatoms. The molecule has 0 spiro atoms. The highest BCUT2D eigenvalue weighted by molar-refractivity contribution is 6.11. The van der Waals surface area contributed by atoms with Crippen molar-refractivity contribution in [2.75, 3.05) is 0 Å². The lowest BCUT2D eigenvalue weighted by Gasteiger charge is -2.17. The van der Waals surface area contributed by atoms with Crippen LogP contribution in [0.1, 0.15) is 11.1 Å². The van der Waals surface area contributed by atoms with Gasteiger partial charge in [0.2, 0.25) is 0 Å². The molecule has 0 N–H and O–H groups in total. The minimum atomic E-state index is -4.43. The van der Waals surface area contributed by atoms with E-state index in [9.17, 15) is 13.2 Å². The third-order valence-corrected chi connectivity index (χ3v) is 11.8. The molecule has 316 valence electrons. The first-order valence-corrected chi connectivity index (χ1v) is 21.5. The Morgan fingerprint density at radius 1 is 0.364 bits per heavy atom. The van der Waals surface area contributed by atoms with Crippen LogP contribution in [0.25, 0.3) is 107 Å². The topological polar surface area (TPSA) is 69.4 Å². The first-order valence-electron chi connectivity index (χ1n) is 21.5. The van der Waals surface area contributed by atoms with Crippen molar-refractivity contribution in [3.8, 4) is 84.9 Å². The molecule has 0 saturated carbocycles. The molecule has 6 nitrogen and oxygen atoms in total. The van der Waals surface area contributed by atoms with E-state index in [4.69, 9.17) is 24.9 Å². The van der Waals surface area contributed by atoms with Gasteiger partial charge >= 0.3 is 6.18 Å². The molecule has 0 aliphatic rings. The largest absolute Gasteiger partial charge is 0.416 e. The normalized spacial score (nSPS) is 11.6. The van der Waals surface area contributed by atoms with Crippen LogP contribution in [0.4, 0.5) is 13.2 Å². The van der Waals surface area contributed by atoms with E-state index in [1.54, 1.807) is 13.0 Å². The maximum Gasteiger partial charge on any atom is 0.416 e. The minimum Gasteiger partial charge on any atom is -0.309 e. The molecule has 0 fully saturated rings. The fraction of sp³-hybridized carbons (Fsp3) is 0.0351. The second-order valence-electron chi connectivity index (χ2n) is 16.1. The van der Waals surface area contributed by atoms with Gasteiger partial charge in [0.25, 0.3) is 0 Å². The molecule has 8 aromatic carbocycles. The number of rotatable bonds is 8. The monoisotopic (exact) mass is 862 g/mol. The summed E-state index contributed by atoms with van der Waals surface area (Å²) in [7, 11) is 0. The molecule has 0 amide bonds. The number of alkyl halides is 3. The standard InChI is InChI=1S/C57H37F3N6/c1-36-32-43(57(58,59)60)28-29-44(36)41-26-30-51-46(33-41)45-24-14-15-25-50(45)66(51)52-31-27-42(56-64-54(39-20-10-4-11-21-39)63-55(65-56)40-22-12-5-13-23-40)34-47(52)49-35-48(37-16-6-2-7-17-37)61-53(62-49)38-18-8-3-9-19-38/h2-35H,1H3. The first kappa shape index (κ1) is 40.2. The summed E-state index contributed by atoms with van der Waals surface area (Å²) in [6.45, 7) is 1.72. The van der Waals surface area contributed by atoms with Crippen molar-refractivity contribution < 1.29 is 13.2 Å². The molecule has 11 rings (SSSR count). The first-order chi connectivity index (χ1) is 32.2. The van der Waals surface area contributed by atoms with Crippen molar-refractivity contribution >= 4 is 21.8 Å². The number of nitrogens with zero attached hydrogens (tertiary/aromatic N) is 6. The van der Waals surface area contributed by atoms with Crippen LogP contribution >= 0.6 is 0 Å². The highest BCUT2D eigenvalue weighted by atomic mass is 19.4. The van der Waals surface area contributed by atoms with Gasteiger partial charge in [-0.15, -0.1) is 0 Å². The quantitative estimate of drug-likeness (QED) is 0.152. The number of aromatic nitrogens is 6. The van der Waals surface area contributed by atoms with Crippen LogP contribution in [0.15, 0.2) is 206 Å². The highest BCUT2D eigenvalue weighted by Gasteiger charge is 2.31. The van der Waals surface area contributed by atoms with Crippen molar-refractivity contribution in [2.24, 2.45) is 0 Å². The van der Waals surface area contributed by atoms with Crippen LogP contribution in [0, 0.1) is 6.92 Å². The molecule has 0 atom stereocenters. The van der Waals surface area contributed by atoms with Gasteiger partial charge in [0.15, 0.2) is 23.3 Å². The minimum absolute atomic E-state index is 0.495. The van der Waals surface area contributed by atoms with Gasteiger partial charge < -0.3 is 4.57 Å². The molecule has 0 radical (unpaired) electrons. The van der Waals surface area contributed by atoms with Gasteiger partial charge in [-0.25, -0.2) is 24.9 Å². The molecule has 0 bridgehead atoms. The summed E-state index contributed by atoms with van der Waals surface area (Å²) in [5.74, 6) is 2.16. The summed E-state index contributed by atoms with van der Waals surface area (Å²) in [6.07, 6.45) is -4.43. The number of aryl methyl sites for hydroxylation is 1. The van der Waals surface area contributed by atoms with Crippen molar-refractivity contribution in [3.63, 3.8) is 0 Å². The fourth-order valence-corrected chi connectivity index (χ4v) is 8.64. The number of para-hydroxylation sites is 1. The van der Waals surface area contributed by atoms with Crippen molar-refractivity contribution in [1.82, 2.24) is 29.5 Å². The summed E-state index contributed by atoms with van der Waals surface area (Å²) in [4.78, 5) is 25.6. The summed E-state index contributed by atoms with van der Waals surface area (Å²) >= 11 is 0. The van der Waals surface area contributed by atoms with Crippen molar-refractivity contribution in [1.29, 1.82) is 0 Å². The number of hydrogen-bond donors (Lipinski definition) is 0. The molecule has 0 aliphatic heterocycles. The van der Waals surface area contributed by atoms with Gasteiger partial charge in [0, 0.05) is 44.2 Å². The summed E-state index contributed by atoms with van der Waals surface area (Å²) in [5, 5.41) is 1.94. The van der Waals surface area contributed by atoms with Gasteiger partial charge in [0.05, 0.1) is 33.7 Å². The molecule has 0 saturated heterocycles. The van der Waals surface area contributed by atoms with Gasteiger partial charge in [-0.1, -0.05) is 152 Å². The molecule has 3 heterocycles. The van der Waals surface area contributed by atoms with E-state index in [2.05, 4.69) is 41.0 Å². The van der Waals surface area contributed by atoms with Crippen LogP contribution in [-0.4, -0.2) is 29.5 Å². The van der Waals surface area contributed by atoms with E-state index < -0.39 is 11.7 Å². The predicted octanol–water partition coefficient (Wildman–Crippen LogP) is 14.8. The third-order valence-electron chi connectivity index (χ3n) is 11.8. The second-order valence-corrected chi connectivity index (χ2v) is 16.1. The fourth-order valence-electron chi connectivity index (χ4n) is 8.64.